The van der Waals surface area contributed by atoms with E-state index in [-0.39, 0.29) is 0 Å². The highest BCUT2D eigenvalue weighted by Gasteiger charge is 2.05. The molecule has 2 nitrogen and oxygen atoms in total. The van der Waals surface area contributed by atoms with Crippen molar-refractivity contribution < 1.29 is 4.57 Å². The lowest BCUT2D eigenvalue weighted by atomic mass is 10.1. The van der Waals surface area contributed by atoms with Crippen molar-refractivity contribution in [2.75, 3.05) is 26.0 Å². The minimum atomic E-state index is -1.86. The lowest BCUT2D eigenvalue weighted by molar-refractivity contribution is 0.579. The van der Waals surface area contributed by atoms with Crippen LogP contribution >= 0.6 is 7.14 Å². The summed E-state index contributed by atoms with van der Waals surface area (Å²) in [6.07, 6.45) is 0.777. The molecule has 15 heavy (non-hydrogen) atoms. The highest BCUT2D eigenvalue weighted by atomic mass is 31.2. The van der Waals surface area contributed by atoms with Gasteiger partial charge in [0, 0.05) is 19.3 Å². The summed E-state index contributed by atoms with van der Waals surface area (Å²) >= 11 is 0. The van der Waals surface area contributed by atoms with Crippen LogP contribution in [0.25, 0.3) is 0 Å². The highest BCUT2D eigenvalue weighted by Crippen LogP contribution is 2.34. The topological polar surface area (TPSA) is 29.1 Å². The molecule has 0 amide bonds. The van der Waals surface area contributed by atoms with E-state index in [4.69, 9.17) is 0 Å². The molecule has 0 heterocycles. The van der Waals surface area contributed by atoms with Crippen LogP contribution in [0.15, 0.2) is 24.3 Å². The van der Waals surface area contributed by atoms with Crippen LogP contribution in [-0.4, -0.2) is 26.0 Å². The van der Waals surface area contributed by atoms with Crippen molar-refractivity contribution in [1.29, 1.82) is 0 Å². The van der Waals surface area contributed by atoms with E-state index in [1.54, 1.807) is 0 Å². The summed E-state index contributed by atoms with van der Waals surface area (Å²) in [5, 5.41) is 3.31. The third-order valence-electron chi connectivity index (χ3n) is 2.28. The van der Waals surface area contributed by atoms with E-state index in [2.05, 4.69) is 36.5 Å². The van der Waals surface area contributed by atoms with Gasteiger partial charge in [-0.2, -0.15) is 0 Å². The van der Waals surface area contributed by atoms with E-state index < -0.39 is 7.14 Å². The fourth-order valence-corrected chi connectivity index (χ4v) is 1.98. The van der Waals surface area contributed by atoms with Crippen molar-refractivity contribution in [1.82, 2.24) is 5.32 Å². The second-order valence-electron chi connectivity index (χ2n) is 4.46. The normalized spacial score (nSPS) is 11.7. The number of benzene rings is 1. The first kappa shape index (κ1) is 12.5. The Labute approximate surface area is 92.5 Å². The predicted molar refractivity (Wildman–Crippen MR) is 67.2 cm³/mol. The maximum atomic E-state index is 11.4. The number of aryl methyl sites for hydroxylation is 1. The summed E-state index contributed by atoms with van der Waals surface area (Å²) in [5.41, 5.74) is 2.56. The third kappa shape index (κ3) is 5.76. The zero-order chi connectivity index (χ0) is 11.3. The molecule has 0 aliphatic carbocycles. The number of rotatable bonds is 5. The number of nitrogens with one attached hydrogen (secondary N) is 1. The van der Waals surface area contributed by atoms with Crippen molar-refractivity contribution >= 4 is 7.14 Å². The molecule has 0 saturated carbocycles. The Morgan fingerprint density at radius 3 is 2.33 bits per heavy atom. The van der Waals surface area contributed by atoms with Crippen molar-refractivity contribution in [2.24, 2.45) is 0 Å². The van der Waals surface area contributed by atoms with Gasteiger partial charge in [-0.25, -0.2) is 0 Å². The molecule has 3 heteroatoms. The molecule has 0 bridgehead atoms. The Balaban J connectivity index is 2.26. The van der Waals surface area contributed by atoms with Gasteiger partial charge in [0.25, 0.3) is 0 Å². The zero-order valence-electron chi connectivity index (χ0n) is 9.79. The first-order chi connectivity index (χ1) is 6.97. The van der Waals surface area contributed by atoms with Gasteiger partial charge in [0.15, 0.2) is 0 Å². The molecule has 1 N–H and O–H groups in total. The van der Waals surface area contributed by atoms with E-state index in [1.807, 2.05) is 13.3 Å². The number of hydrogen-bond donors (Lipinski definition) is 1. The molecule has 0 spiro atoms. The average molecular weight is 225 g/mol. The van der Waals surface area contributed by atoms with Gasteiger partial charge < -0.3 is 9.88 Å². The molecule has 84 valence electrons. The summed E-state index contributed by atoms with van der Waals surface area (Å²) in [4.78, 5) is 0. The summed E-state index contributed by atoms with van der Waals surface area (Å²) in [6.45, 7) is 7.45. The van der Waals surface area contributed by atoms with Crippen LogP contribution in [0.5, 0.6) is 0 Å². The van der Waals surface area contributed by atoms with Gasteiger partial charge in [-0.1, -0.05) is 29.8 Å². The molecule has 0 radical (unpaired) electrons. The van der Waals surface area contributed by atoms with Crippen LogP contribution in [0.1, 0.15) is 11.1 Å². The second kappa shape index (κ2) is 5.48. The lowest BCUT2D eigenvalue weighted by Gasteiger charge is -2.08. The zero-order valence-corrected chi connectivity index (χ0v) is 10.7. The first-order valence-corrected chi connectivity index (χ1v) is 8.06. The summed E-state index contributed by atoms with van der Waals surface area (Å²) in [5.74, 6) is 0. The molecule has 1 aromatic carbocycles. The molecule has 1 aromatic rings. The Bertz CT molecular complexity index is 339. The van der Waals surface area contributed by atoms with Crippen molar-refractivity contribution in [2.45, 2.75) is 13.5 Å². The minimum Gasteiger partial charge on any atom is -0.324 e. The highest BCUT2D eigenvalue weighted by molar-refractivity contribution is 7.62. The van der Waals surface area contributed by atoms with Crippen LogP contribution in [0.2, 0.25) is 0 Å². The lowest BCUT2D eigenvalue weighted by Crippen LogP contribution is -2.17. The SMILES string of the molecule is Cc1ccc(CNCCP(C)(C)=O)cc1. The molecule has 0 saturated heterocycles. The van der Waals surface area contributed by atoms with E-state index in [1.165, 1.54) is 11.1 Å². The average Bonchev–Trinajstić information content (AvgIpc) is 2.14. The van der Waals surface area contributed by atoms with Gasteiger partial charge in [0.1, 0.15) is 0 Å². The van der Waals surface area contributed by atoms with E-state index >= 15 is 0 Å². The van der Waals surface area contributed by atoms with Gasteiger partial charge in [-0.3, -0.25) is 0 Å². The summed E-state index contributed by atoms with van der Waals surface area (Å²) in [6, 6.07) is 8.47. The molecule has 1 rings (SSSR count). The molecule has 0 fully saturated rings. The Morgan fingerprint density at radius 2 is 1.80 bits per heavy atom. The van der Waals surface area contributed by atoms with Gasteiger partial charge in [0.2, 0.25) is 0 Å². The molecule has 0 atom stereocenters. The maximum Gasteiger partial charge on any atom is 0.0831 e. The van der Waals surface area contributed by atoms with Crippen molar-refractivity contribution in [3.63, 3.8) is 0 Å². The van der Waals surface area contributed by atoms with Gasteiger partial charge in [-0.05, 0) is 25.8 Å². The van der Waals surface area contributed by atoms with E-state index in [0.717, 1.165) is 19.3 Å². The first-order valence-electron chi connectivity index (χ1n) is 5.28. The molecular formula is C12H20NOP. The fraction of sp³-hybridized carbons (Fsp3) is 0.500. The minimum absolute atomic E-state index is 0.777. The third-order valence-corrected chi connectivity index (χ3v) is 3.58. The van der Waals surface area contributed by atoms with Crippen LogP contribution in [0.3, 0.4) is 0 Å². The van der Waals surface area contributed by atoms with Gasteiger partial charge in [0.05, 0.1) is 7.14 Å². The summed E-state index contributed by atoms with van der Waals surface area (Å²) in [7, 11) is -1.86. The van der Waals surface area contributed by atoms with E-state index in [9.17, 15) is 4.57 Å². The van der Waals surface area contributed by atoms with Crippen LogP contribution in [0.4, 0.5) is 0 Å². The molecular weight excluding hydrogens is 205 g/mol. The Kier molecular flexibility index (Phi) is 4.56. The monoisotopic (exact) mass is 225 g/mol. The smallest absolute Gasteiger partial charge is 0.0831 e. The van der Waals surface area contributed by atoms with Crippen molar-refractivity contribution in [3.05, 3.63) is 35.4 Å². The molecule has 0 unspecified atom stereocenters. The second-order valence-corrected chi connectivity index (χ2v) is 8.05. The predicted octanol–water partition coefficient (Wildman–Crippen LogP) is 2.71. The number of hydrogen-bond acceptors (Lipinski definition) is 2. The standard InChI is InChI=1S/C12H20NOP/c1-11-4-6-12(7-5-11)10-13-8-9-15(2,3)14/h4-7,13H,8-10H2,1-3H3. The quantitative estimate of drug-likeness (QED) is 0.616. The largest absolute Gasteiger partial charge is 0.324 e. The molecule has 0 aliphatic heterocycles. The van der Waals surface area contributed by atoms with Crippen LogP contribution < -0.4 is 5.32 Å². The molecule has 0 aromatic heterocycles. The van der Waals surface area contributed by atoms with Crippen LogP contribution in [0, 0.1) is 6.92 Å². The van der Waals surface area contributed by atoms with Crippen LogP contribution in [-0.2, 0) is 11.1 Å². The maximum absolute atomic E-state index is 11.4. The Hall–Kier alpha value is -0.590. The van der Waals surface area contributed by atoms with Gasteiger partial charge in [-0.15, -0.1) is 0 Å². The molecule has 0 aliphatic rings. The van der Waals surface area contributed by atoms with E-state index in [0.29, 0.717) is 0 Å². The fourth-order valence-electron chi connectivity index (χ4n) is 1.29. The van der Waals surface area contributed by atoms with Gasteiger partial charge >= 0.3 is 0 Å². The summed E-state index contributed by atoms with van der Waals surface area (Å²) < 4.78 is 11.4. The van der Waals surface area contributed by atoms with Crippen molar-refractivity contribution in [3.8, 4) is 0 Å². The Morgan fingerprint density at radius 1 is 1.20 bits per heavy atom.